The first kappa shape index (κ1) is 19.9. The lowest BCUT2D eigenvalue weighted by Crippen LogP contribution is -2.45. The summed E-state index contributed by atoms with van der Waals surface area (Å²) in [4.78, 5) is 14.4. The van der Waals surface area contributed by atoms with Crippen LogP contribution in [0.15, 0.2) is 16.6 Å². The molecular formula is C19H23BrN2O5. The molecule has 8 heteroatoms. The molecule has 0 spiro atoms. The average Bonchev–Trinajstić information content (AvgIpc) is 3.22. The van der Waals surface area contributed by atoms with Gasteiger partial charge in [-0.05, 0) is 41.8 Å². The summed E-state index contributed by atoms with van der Waals surface area (Å²) in [6, 6.07) is 5.34. The molecule has 1 aromatic rings. The number of hydrogen-bond donors (Lipinski definition) is 0. The van der Waals surface area contributed by atoms with Gasteiger partial charge in [-0.15, -0.1) is 0 Å². The van der Waals surface area contributed by atoms with E-state index in [1.807, 2.05) is 6.92 Å². The Hall–Kier alpha value is -1.82. The maximum atomic E-state index is 12.6. The molecule has 1 unspecified atom stereocenters. The molecule has 27 heavy (non-hydrogen) atoms. The minimum Gasteiger partial charge on any atom is -0.490 e. The molecule has 1 amide bonds. The lowest BCUT2D eigenvalue weighted by Gasteiger charge is -2.34. The molecule has 2 heterocycles. The van der Waals surface area contributed by atoms with E-state index < -0.39 is 0 Å². The Morgan fingerprint density at radius 3 is 2.85 bits per heavy atom. The molecule has 0 N–H and O–H groups in total. The van der Waals surface area contributed by atoms with Crippen molar-refractivity contribution in [2.75, 3.05) is 39.5 Å². The van der Waals surface area contributed by atoms with Crippen molar-refractivity contribution < 1.29 is 23.7 Å². The molecule has 1 atom stereocenters. The molecule has 0 bridgehead atoms. The van der Waals surface area contributed by atoms with Gasteiger partial charge in [0.15, 0.2) is 24.4 Å². The van der Waals surface area contributed by atoms with Crippen molar-refractivity contribution in [2.24, 2.45) is 5.92 Å². The number of carbonyl (C=O) groups excluding carboxylic acids is 1. The Kier molecular flexibility index (Phi) is 6.94. The predicted molar refractivity (Wildman–Crippen MR) is 101 cm³/mol. The number of halogens is 1. The SMILES string of the molecule is CCOc1cc(C#N)cc(Br)c1OCC(=O)N1CCCC(C2OCCO2)C1. The Labute approximate surface area is 167 Å². The fraction of sp³-hybridized carbons (Fsp3) is 0.579. The maximum absolute atomic E-state index is 12.6. The van der Waals surface area contributed by atoms with Gasteiger partial charge in [0.2, 0.25) is 0 Å². The zero-order valence-electron chi connectivity index (χ0n) is 15.3. The highest BCUT2D eigenvalue weighted by Crippen LogP contribution is 2.37. The maximum Gasteiger partial charge on any atom is 0.260 e. The number of nitrogens with zero attached hydrogens (tertiary/aromatic N) is 2. The molecule has 2 saturated heterocycles. The zero-order valence-corrected chi connectivity index (χ0v) is 16.9. The molecule has 2 fully saturated rings. The van der Waals surface area contributed by atoms with Crippen molar-refractivity contribution in [1.82, 2.24) is 4.90 Å². The molecule has 1 aromatic carbocycles. The molecule has 7 nitrogen and oxygen atoms in total. The summed E-state index contributed by atoms with van der Waals surface area (Å²) in [7, 11) is 0. The second kappa shape index (κ2) is 9.40. The van der Waals surface area contributed by atoms with E-state index in [-0.39, 0.29) is 24.7 Å². The van der Waals surface area contributed by atoms with Crippen LogP contribution in [0, 0.1) is 17.2 Å². The van der Waals surface area contributed by atoms with Crippen LogP contribution in [0.2, 0.25) is 0 Å². The first-order valence-corrected chi connectivity index (χ1v) is 9.92. The molecule has 146 valence electrons. The van der Waals surface area contributed by atoms with E-state index in [2.05, 4.69) is 22.0 Å². The van der Waals surface area contributed by atoms with Crippen LogP contribution in [-0.2, 0) is 14.3 Å². The van der Waals surface area contributed by atoms with Crippen LogP contribution in [0.4, 0.5) is 0 Å². The largest absolute Gasteiger partial charge is 0.490 e. The smallest absolute Gasteiger partial charge is 0.260 e. The predicted octanol–water partition coefficient (Wildman–Crippen LogP) is 2.71. The number of rotatable bonds is 6. The van der Waals surface area contributed by atoms with Gasteiger partial charge >= 0.3 is 0 Å². The summed E-state index contributed by atoms with van der Waals surface area (Å²) in [5.74, 6) is 0.989. The van der Waals surface area contributed by atoms with Crippen LogP contribution in [0.25, 0.3) is 0 Å². The van der Waals surface area contributed by atoms with E-state index in [1.54, 1.807) is 17.0 Å². The third kappa shape index (κ3) is 4.92. The van der Waals surface area contributed by atoms with E-state index in [0.717, 1.165) is 12.8 Å². The Morgan fingerprint density at radius 2 is 2.15 bits per heavy atom. The van der Waals surface area contributed by atoms with E-state index in [1.165, 1.54) is 0 Å². The summed E-state index contributed by atoms with van der Waals surface area (Å²) in [5.41, 5.74) is 0.458. The van der Waals surface area contributed by atoms with Gasteiger partial charge in [-0.2, -0.15) is 5.26 Å². The second-order valence-electron chi connectivity index (χ2n) is 6.47. The normalized spacial score (nSPS) is 20.3. The van der Waals surface area contributed by atoms with E-state index in [0.29, 0.717) is 54.4 Å². The molecule has 2 aliphatic heterocycles. The topological polar surface area (TPSA) is 81.0 Å². The third-order valence-electron chi connectivity index (χ3n) is 4.62. The van der Waals surface area contributed by atoms with E-state index in [9.17, 15) is 4.79 Å². The molecule has 2 aliphatic rings. The molecule has 3 rings (SSSR count). The van der Waals surface area contributed by atoms with Gasteiger partial charge in [0, 0.05) is 25.1 Å². The van der Waals surface area contributed by atoms with Gasteiger partial charge in [-0.1, -0.05) is 0 Å². The second-order valence-corrected chi connectivity index (χ2v) is 7.33. The van der Waals surface area contributed by atoms with Gasteiger partial charge in [-0.3, -0.25) is 4.79 Å². The number of piperidine rings is 1. The van der Waals surface area contributed by atoms with Crippen LogP contribution in [0.1, 0.15) is 25.3 Å². The number of nitriles is 1. The minimum atomic E-state index is -0.209. The Bertz CT molecular complexity index is 715. The van der Waals surface area contributed by atoms with Gasteiger partial charge in [-0.25, -0.2) is 0 Å². The van der Waals surface area contributed by atoms with Crippen molar-refractivity contribution in [3.05, 3.63) is 22.2 Å². The van der Waals surface area contributed by atoms with Crippen molar-refractivity contribution in [3.63, 3.8) is 0 Å². The van der Waals surface area contributed by atoms with Crippen molar-refractivity contribution in [1.29, 1.82) is 5.26 Å². The van der Waals surface area contributed by atoms with Crippen molar-refractivity contribution in [3.8, 4) is 17.6 Å². The lowest BCUT2D eigenvalue weighted by atomic mass is 9.97. The number of carbonyl (C=O) groups is 1. The summed E-state index contributed by atoms with van der Waals surface area (Å²) in [6.45, 7) is 4.74. The number of ether oxygens (including phenoxy) is 4. The summed E-state index contributed by atoms with van der Waals surface area (Å²) >= 11 is 3.40. The van der Waals surface area contributed by atoms with Crippen LogP contribution in [-0.4, -0.2) is 56.6 Å². The fourth-order valence-electron chi connectivity index (χ4n) is 3.37. The summed E-state index contributed by atoms with van der Waals surface area (Å²) in [6.07, 6.45) is 1.70. The zero-order chi connectivity index (χ0) is 19.2. The number of likely N-dealkylation sites (tertiary alicyclic amines) is 1. The number of amides is 1. The molecule has 0 aliphatic carbocycles. The highest BCUT2D eigenvalue weighted by molar-refractivity contribution is 9.10. The van der Waals surface area contributed by atoms with Gasteiger partial charge in [0.25, 0.3) is 5.91 Å². The lowest BCUT2D eigenvalue weighted by molar-refractivity contribution is -0.141. The van der Waals surface area contributed by atoms with Gasteiger partial charge in [0.1, 0.15) is 0 Å². The van der Waals surface area contributed by atoms with Crippen LogP contribution < -0.4 is 9.47 Å². The first-order chi connectivity index (χ1) is 13.1. The number of benzene rings is 1. The van der Waals surface area contributed by atoms with Crippen molar-refractivity contribution >= 4 is 21.8 Å². The highest BCUT2D eigenvalue weighted by Gasteiger charge is 2.33. The average molecular weight is 439 g/mol. The summed E-state index contributed by atoms with van der Waals surface area (Å²) < 4.78 is 23.1. The quantitative estimate of drug-likeness (QED) is 0.678. The molecule has 0 aromatic heterocycles. The minimum absolute atomic E-state index is 0.0867. The first-order valence-electron chi connectivity index (χ1n) is 9.12. The Morgan fingerprint density at radius 1 is 1.37 bits per heavy atom. The molecule has 0 radical (unpaired) electrons. The van der Waals surface area contributed by atoms with Crippen LogP contribution >= 0.6 is 15.9 Å². The van der Waals surface area contributed by atoms with Crippen LogP contribution in [0.5, 0.6) is 11.5 Å². The van der Waals surface area contributed by atoms with E-state index in [4.69, 9.17) is 24.2 Å². The van der Waals surface area contributed by atoms with E-state index >= 15 is 0 Å². The van der Waals surface area contributed by atoms with Crippen LogP contribution in [0.3, 0.4) is 0 Å². The van der Waals surface area contributed by atoms with Gasteiger partial charge in [0.05, 0.1) is 35.9 Å². The molecule has 0 saturated carbocycles. The Balaban J connectivity index is 1.62. The number of hydrogen-bond acceptors (Lipinski definition) is 6. The van der Waals surface area contributed by atoms with Crippen molar-refractivity contribution in [2.45, 2.75) is 26.1 Å². The fourth-order valence-corrected chi connectivity index (χ4v) is 3.92. The summed E-state index contributed by atoms with van der Waals surface area (Å²) in [5, 5.41) is 9.10. The van der Waals surface area contributed by atoms with Gasteiger partial charge < -0.3 is 23.8 Å². The third-order valence-corrected chi connectivity index (χ3v) is 5.21. The highest BCUT2D eigenvalue weighted by atomic mass is 79.9. The monoisotopic (exact) mass is 438 g/mol. The molecular weight excluding hydrogens is 416 g/mol. The standard InChI is InChI=1S/C19H23BrN2O5/c1-2-24-16-9-13(10-21)8-15(20)18(16)27-12-17(23)22-5-3-4-14(11-22)19-25-6-7-26-19/h8-9,14,19H,2-7,11-12H2,1H3.